The third kappa shape index (κ3) is 4.92. The Kier molecular flexibility index (Phi) is 5.50. The van der Waals surface area contributed by atoms with E-state index in [2.05, 4.69) is 10.6 Å². The smallest absolute Gasteiger partial charge is 0.242 e. The molecule has 1 rings (SSSR count). The number of anilines is 1. The highest BCUT2D eigenvalue weighted by atomic mass is 35.5. The van der Waals surface area contributed by atoms with Gasteiger partial charge < -0.3 is 10.6 Å². The van der Waals surface area contributed by atoms with E-state index in [1.54, 1.807) is 25.1 Å². The van der Waals surface area contributed by atoms with E-state index < -0.39 is 0 Å². The number of carbonyl (C=O) groups excluding carboxylic acids is 1. The summed E-state index contributed by atoms with van der Waals surface area (Å²) in [5.74, 6) is -0.0668. The summed E-state index contributed by atoms with van der Waals surface area (Å²) in [7, 11) is 0. The van der Waals surface area contributed by atoms with Gasteiger partial charge in [-0.15, -0.1) is 0 Å². The Morgan fingerprint density at radius 3 is 2.58 bits per heavy atom. The van der Waals surface area contributed by atoms with Crippen LogP contribution in [0.15, 0.2) is 18.2 Å². The second-order valence-corrected chi connectivity index (χ2v) is 6.06. The fourth-order valence-corrected chi connectivity index (χ4v) is 1.78. The maximum atomic E-state index is 12.1. The van der Waals surface area contributed by atoms with Crippen molar-refractivity contribution < 1.29 is 4.79 Å². The van der Waals surface area contributed by atoms with Crippen molar-refractivity contribution in [1.82, 2.24) is 5.32 Å². The van der Waals surface area contributed by atoms with Crippen molar-refractivity contribution in [3.05, 3.63) is 28.2 Å². The van der Waals surface area contributed by atoms with Gasteiger partial charge in [0.15, 0.2) is 0 Å². The molecule has 3 nitrogen and oxygen atoms in total. The SMILES string of the molecule is CCC(C)(C)NC(=O)C(C)Nc1cc(Cl)ccc1Cl. The van der Waals surface area contributed by atoms with E-state index in [0.29, 0.717) is 15.7 Å². The van der Waals surface area contributed by atoms with Crippen LogP contribution in [0.5, 0.6) is 0 Å². The first-order chi connectivity index (χ1) is 8.75. The van der Waals surface area contributed by atoms with E-state index in [9.17, 15) is 4.79 Å². The summed E-state index contributed by atoms with van der Waals surface area (Å²) in [6.45, 7) is 7.80. The van der Waals surface area contributed by atoms with Crippen molar-refractivity contribution >= 4 is 34.8 Å². The van der Waals surface area contributed by atoms with Crippen LogP contribution in [-0.2, 0) is 4.79 Å². The maximum Gasteiger partial charge on any atom is 0.242 e. The highest BCUT2D eigenvalue weighted by molar-refractivity contribution is 6.35. The van der Waals surface area contributed by atoms with E-state index in [4.69, 9.17) is 23.2 Å². The van der Waals surface area contributed by atoms with Crippen molar-refractivity contribution in [3.8, 4) is 0 Å². The molecular weight excluding hydrogens is 283 g/mol. The van der Waals surface area contributed by atoms with E-state index >= 15 is 0 Å². The van der Waals surface area contributed by atoms with Crippen LogP contribution in [-0.4, -0.2) is 17.5 Å². The van der Waals surface area contributed by atoms with Crippen LogP contribution in [0.3, 0.4) is 0 Å². The first-order valence-corrected chi connectivity index (χ1v) is 7.04. The van der Waals surface area contributed by atoms with Gasteiger partial charge in [0.05, 0.1) is 10.7 Å². The molecule has 0 radical (unpaired) electrons. The van der Waals surface area contributed by atoms with Gasteiger partial charge in [-0.05, 0) is 45.4 Å². The molecule has 0 aliphatic heterocycles. The molecule has 0 aromatic heterocycles. The molecule has 0 bridgehead atoms. The summed E-state index contributed by atoms with van der Waals surface area (Å²) in [5.41, 5.74) is 0.441. The molecule has 1 amide bonds. The van der Waals surface area contributed by atoms with Gasteiger partial charge in [-0.1, -0.05) is 30.1 Å². The minimum absolute atomic E-state index is 0.0668. The van der Waals surface area contributed by atoms with E-state index in [1.807, 2.05) is 20.8 Å². The van der Waals surface area contributed by atoms with Crippen LogP contribution in [0.4, 0.5) is 5.69 Å². The Hall–Kier alpha value is -0.930. The van der Waals surface area contributed by atoms with Gasteiger partial charge in [0, 0.05) is 10.6 Å². The molecule has 0 heterocycles. The number of hydrogen-bond acceptors (Lipinski definition) is 2. The first kappa shape index (κ1) is 16.1. The predicted octanol–water partition coefficient (Wildman–Crippen LogP) is 4.10. The summed E-state index contributed by atoms with van der Waals surface area (Å²) < 4.78 is 0. The summed E-state index contributed by atoms with van der Waals surface area (Å²) in [6.07, 6.45) is 0.864. The fraction of sp³-hybridized carbons (Fsp3) is 0.500. The lowest BCUT2D eigenvalue weighted by Crippen LogP contribution is -2.48. The Balaban J connectivity index is 2.71. The zero-order chi connectivity index (χ0) is 14.6. The average Bonchev–Trinajstić information content (AvgIpc) is 2.33. The number of hydrogen-bond donors (Lipinski definition) is 2. The minimum Gasteiger partial charge on any atom is -0.373 e. The Morgan fingerprint density at radius 1 is 1.37 bits per heavy atom. The summed E-state index contributed by atoms with van der Waals surface area (Å²) in [5, 5.41) is 7.17. The van der Waals surface area contributed by atoms with Crippen LogP contribution in [0.25, 0.3) is 0 Å². The van der Waals surface area contributed by atoms with Gasteiger partial charge in [0.2, 0.25) is 5.91 Å². The molecule has 0 aliphatic carbocycles. The van der Waals surface area contributed by atoms with Gasteiger partial charge >= 0.3 is 0 Å². The predicted molar refractivity (Wildman–Crippen MR) is 82.1 cm³/mol. The second kappa shape index (κ2) is 6.49. The van der Waals surface area contributed by atoms with E-state index in [-0.39, 0.29) is 17.5 Å². The molecule has 0 aliphatic rings. The molecule has 1 atom stereocenters. The zero-order valence-corrected chi connectivity index (χ0v) is 13.2. The van der Waals surface area contributed by atoms with Crippen molar-refractivity contribution in [3.63, 3.8) is 0 Å². The molecule has 1 aromatic carbocycles. The Labute approximate surface area is 124 Å². The molecule has 1 aromatic rings. The minimum atomic E-state index is -0.387. The molecule has 0 saturated carbocycles. The van der Waals surface area contributed by atoms with Crippen molar-refractivity contribution in [2.24, 2.45) is 0 Å². The van der Waals surface area contributed by atoms with Crippen LogP contribution >= 0.6 is 23.2 Å². The van der Waals surface area contributed by atoms with Gasteiger partial charge in [-0.25, -0.2) is 0 Å². The third-order valence-electron chi connectivity index (χ3n) is 3.04. The highest BCUT2D eigenvalue weighted by Gasteiger charge is 2.22. The molecular formula is C14H20Cl2N2O. The molecule has 0 spiro atoms. The van der Waals surface area contributed by atoms with Gasteiger partial charge in [-0.2, -0.15) is 0 Å². The van der Waals surface area contributed by atoms with Gasteiger partial charge in [0.25, 0.3) is 0 Å². The fourth-order valence-electron chi connectivity index (χ4n) is 1.44. The number of carbonyl (C=O) groups is 1. The topological polar surface area (TPSA) is 41.1 Å². The first-order valence-electron chi connectivity index (χ1n) is 6.29. The monoisotopic (exact) mass is 302 g/mol. The van der Waals surface area contributed by atoms with Gasteiger partial charge in [0.1, 0.15) is 6.04 Å². The normalized spacial score (nSPS) is 12.9. The molecule has 106 valence electrons. The number of halogens is 2. The van der Waals surface area contributed by atoms with Crippen molar-refractivity contribution in [2.45, 2.75) is 45.7 Å². The van der Waals surface area contributed by atoms with Crippen LogP contribution in [0, 0.1) is 0 Å². The molecule has 19 heavy (non-hydrogen) atoms. The van der Waals surface area contributed by atoms with Crippen molar-refractivity contribution in [2.75, 3.05) is 5.32 Å². The highest BCUT2D eigenvalue weighted by Crippen LogP contribution is 2.26. The van der Waals surface area contributed by atoms with Crippen LogP contribution in [0.2, 0.25) is 10.0 Å². The lowest BCUT2D eigenvalue weighted by molar-refractivity contribution is -0.123. The number of nitrogens with one attached hydrogen (secondary N) is 2. The Morgan fingerprint density at radius 2 is 2.00 bits per heavy atom. The van der Waals surface area contributed by atoms with E-state index in [1.165, 1.54) is 0 Å². The quantitative estimate of drug-likeness (QED) is 0.860. The van der Waals surface area contributed by atoms with Crippen molar-refractivity contribution in [1.29, 1.82) is 0 Å². The molecule has 2 N–H and O–H groups in total. The average molecular weight is 303 g/mol. The maximum absolute atomic E-state index is 12.1. The zero-order valence-electron chi connectivity index (χ0n) is 11.7. The molecule has 0 fully saturated rings. The second-order valence-electron chi connectivity index (χ2n) is 5.22. The number of rotatable bonds is 5. The summed E-state index contributed by atoms with van der Waals surface area (Å²) in [6, 6.07) is 4.73. The number of amides is 1. The number of benzene rings is 1. The Bertz CT molecular complexity index is 461. The summed E-state index contributed by atoms with van der Waals surface area (Å²) >= 11 is 12.0. The lowest BCUT2D eigenvalue weighted by atomic mass is 10.0. The van der Waals surface area contributed by atoms with Crippen LogP contribution < -0.4 is 10.6 Å². The molecule has 0 saturated heterocycles. The van der Waals surface area contributed by atoms with E-state index in [0.717, 1.165) is 6.42 Å². The summed E-state index contributed by atoms with van der Waals surface area (Å²) in [4.78, 5) is 12.1. The largest absolute Gasteiger partial charge is 0.373 e. The molecule has 1 unspecified atom stereocenters. The molecule has 5 heteroatoms. The van der Waals surface area contributed by atoms with Gasteiger partial charge in [-0.3, -0.25) is 4.79 Å². The lowest BCUT2D eigenvalue weighted by Gasteiger charge is -2.27. The standard InChI is InChI=1S/C14H20Cl2N2O/c1-5-14(3,4)18-13(19)9(2)17-12-8-10(15)6-7-11(12)16/h6-9,17H,5H2,1-4H3,(H,18,19). The third-order valence-corrected chi connectivity index (χ3v) is 3.60. The van der Waals surface area contributed by atoms with Crippen LogP contribution in [0.1, 0.15) is 34.1 Å².